The predicted molar refractivity (Wildman–Crippen MR) is 66.4 cm³/mol. The van der Waals surface area contributed by atoms with E-state index in [9.17, 15) is 14.9 Å². The lowest BCUT2D eigenvalue weighted by atomic mass is 10.0. The summed E-state index contributed by atoms with van der Waals surface area (Å²) in [6.07, 6.45) is 0. The average molecular weight is 313 g/mol. The summed E-state index contributed by atoms with van der Waals surface area (Å²) in [6.45, 7) is 1.85. The maximum absolute atomic E-state index is 11.7. The van der Waals surface area contributed by atoms with Crippen molar-refractivity contribution in [2.45, 2.75) is 12.3 Å². The zero-order chi connectivity index (χ0) is 13.7. The molecule has 1 aromatic rings. The molecule has 6 nitrogen and oxygen atoms in total. The largest absolute Gasteiger partial charge is 0.462 e. The van der Waals surface area contributed by atoms with E-state index in [2.05, 4.69) is 15.9 Å². The molecule has 0 aliphatic carbocycles. The van der Waals surface area contributed by atoms with Gasteiger partial charge in [0.15, 0.2) is 0 Å². The Morgan fingerprint density at radius 3 is 2.72 bits per heavy atom. The van der Waals surface area contributed by atoms with Gasteiger partial charge in [0.2, 0.25) is 0 Å². The second-order valence-electron chi connectivity index (χ2n) is 3.25. The number of hydrogen-bond donors (Lipinski definition) is 0. The fourth-order valence-corrected chi connectivity index (χ4v) is 1.85. The van der Waals surface area contributed by atoms with Gasteiger partial charge in [-0.3, -0.25) is 10.1 Å². The molecule has 0 aliphatic heterocycles. The summed E-state index contributed by atoms with van der Waals surface area (Å²) in [5.41, 5.74) is 0.0998. The minimum Gasteiger partial charge on any atom is -0.462 e. The van der Waals surface area contributed by atoms with E-state index in [1.165, 1.54) is 12.1 Å². The number of rotatable bonds is 4. The summed E-state index contributed by atoms with van der Waals surface area (Å²) >= 11 is 3.14. The van der Waals surface area contributed by atoms with E-state index >= 15 is 0 Å². The number of nitro benzene ring substituents is 1. The Hall–Kier alpha value is -1.94. The molecule has 0 amide bonds. The molecule has 0 aromatic heterocycles. The van der Waals surface area contributed by atoms with Gasteiger partial charge in [-0.15, -0.1) is 0 Å². The first-order chi connectivity index (χ1) is 8.54. The highest BCUT2D eigenvalue weighted by Crippen LogP contribution is 2.25. The predicted octanol–water partition coefficient (Wildman–Crippen LogP) is 2.54. The Labute approximate surface area is 111 Å². The van der Waals surface area contributed by atoms with Gasteiger partial charge in [0.1, 0.15) is 11.6 Å². The molecule has 18 heavy (non-hydrogen) atoms. The summed E-state index contributed by atoms with van der Waals surface area (Å²) in [4.78, 5) is 21.8. The van der Waals surface area contributed by atoms with E-state index in [4.69, 9.17) is 10.00 Å². The highest BCUT2D eigenvalue weighted by Gasteiger charge is 2.21. The number of carbonyl (C=O) groups is 1. The topological polar surface area (TPSA) is 93.2 Å². The normalized spacial score (nSPS) is 9.61. The minimum absolute atomic E-state index is 0.159. The molecule has 0 saturated heterocycles. The molecule has 0 atom stereocenters. The van der Waals surface area contributed by atoms with Crippen LogP contribution < -0.4 is 0 Å². The lowest BCUT2D eigenvalue weighted by Crippen LogP contribution is -2.09. The van der Waals surface area contributed by atoms with E-state index in [-0.39, 0.29) is 28.8 Å². The van der Waals surface area contributed by atoms with Crippen molar-refractivity contribution in [1.82, 2.24) is 0 Å². The van der Waals surface area contributed by atoms with Crippen molar-refractivity contribution in [3.05, 3.63) is 38.9 Å². The molecule has 1 aromatic carbocycles. The van der Waals surface area contributed by atoms with Gasteiger partial charge in [0, 0.05) is 11.4 Å². The van der Waals surface area contributed by atoms with Gasteiger partial charge in [0.05, 0.1) is 17.1 Å². The Kier molecular flexibility index (Phi) is 4.80. The van der Waals surface area contributed by atoms with E-state index in [0.717, 1.165) is 0 Å². The second kappa shape index (κ2) is 6.12. The third-order valence-electron chi connectivity index (χ3n) is 2.18. The smallest absolute Gasteiger partial charge is 0.338 e. The lowest BCUT2D eigenvalue weighted by Gasteiger charge is -2.07. The van der Waals surface area contributed by atoms with Crippen molar-refractivity contribution in [2.24, 2.45) is 0 Å². The number of halogens is 1. The molecule has 0 heterocycles. The summed E-state index contributed by atoms with van der Waals surface area (Å²) < 4.78 is 4.83. The number of benzene rings is 1. The molecule has 1 rings (SSSR count). The van der Waals surface area contributed by atoms with Crippen molar-refractivity contribution < 1.29 is 14.5 Å². The third-order valence-corrected chi connectivity index (χ3v) is 2.78. The number of alkyl halides is 1. The number of nitriles is 1. The van der Waals surface area contributed by atoms with Crippen molar-refractivity contribution in [1.29, 1.82) is 5.26 Å². The van der Waals surface area contributed by atoms with E-state index in [0.29, 0.717) is 5.56 Å². The first kappa shape index (κ1) is 14.1. The Balaban J connectivity index is 3.41. The van der Waals surface area contributed by atoms with Crippen LogP contribution in [0.5, 0.6) is 0 Å². The number of nitrogens with zero attached hydrogens (tertiary/aromatic N) is 2. The molecule has 0 unspecified atom stereocenters. The fourth-order valence-electron chi connectivity index (χ4n) is 1.38. The summed E-state index contributed by atoms with van der Waals surface area (Å²) in [5.74, 6) is -0.599. The zero-order valence-electron chi connectivity index (χ0n) is 9.47. The van der Waals surface area contributed by atoms with Crippen LogP contribution in [0.2, 0.25) is 0 Å². The van der Waals surface area contributed by atoms with Crippen LogP contribution in [0.15, 0.2) is 12.1 Å². The molecule has 0 N–H and O–H groups in total. The maximum atomic E-state index is 11.7. The van der Waals surface area contributed by atoms with Gasteiger partial charge < -0.3 is 4.74 Å². The molecule has 0 fully saturated rings. The molecule has 7 heteroatoms. The Bertz CT molecular complexity index is 537. The summed E-state index contributed by atoms with van der Waals surface area (Å²) in [6, 6.07) is 4.10. The van der Waals surface area contributed by atoms with Gasteiger partial charge in [-0.25, -0.2) is 4.79 Å². The van der Waals surface area contributed by atoms with Crippen LogP contribution >= 0.6 is 15.9 Å². The number of carbonyl (C=O) groups excluding carboxylic acids is 1. The van der Waals surface area contributed by atoms with E-state index in [1.807, 2.05) is 0 Å². The molecule has 0 saturated carbocycles. The Morgan fingerprint density at radius 1 is 1.61 bits per heavy atom. The van der Waals surface area contributed by atoms with Crippen molar-refractivity contribution >= 4 is 27.6 Å². The summed E-state index contributed by atoms with van der Waals surface area (Å²) in [7, 11) is 0. The van der Waals surface area contributed by atoms with Gasteiger partial charge in [-0.05, 0) is 18.6 Å². The number of ether oxygens (including phenoxy) is 1. The van der Waals surface area contributed by atoms with Crippen molar-refractivity contribution in [3.63, 3.8) is 0 Å². The average Bonchev–Trinajstić information content (AvgIpc) is 2.37. The second-order valence-corrected chi connectivity index (χ2v) is 3.81. The van der Waals surface area contributed by atoms with Crippen LogP contribution in [-0.2, 0) is 10.1 Å². The maximum Gasteiger partial charge on any atom is 0.338 e. The molecular formula is C11H9BrN2O4. The van der Waals surface area contributed by atoms with Crippen LogP contribution in [0.3, 0.4) is 0 Å². The first-order valence-corrected chi connectivity index (χ1v) is 6.11. The molecule has 0 bridgehead atoms. The van der Waals surface area contributed by atoms with Gasteiger partial charge in [-0.2, -0.15) is 5.26 Å². The SMILES string of the molecule is CCOC(=O)c1cc(C#N)c([N+](=O)[O-])cc1CBr. The minimum atomic E-state index is -0.653. The third kappa shape index (κ3) is 2.84. The monoisotopic (exact) mass is 312 g/mol. The molecular weight excluding hydrogens is 304 g/mol. The lowest BCUT2D eigenvalue weighted by molar-refractivity contribution is -0.385. The highest BCUT2D eigenvalue weighted by molar-refractivity contribution is 9.08. The standard InChI is InChI=1S/C11H9BrN2O4/c1-2-18-11(15)9-3-8(6-13)10(14(16)17)4-7(9)5-12/h3-4H,2,5H2,1H3. The highest BCUT2D eigenvalue weighted by atomic mass is 79.9. The van der Waals surface area contributed by atoms with Crippen molar-refractivity contribution in [2.75, 3.05) is 6.61 Å². The quantitative estimate of drug-likeness (QED) is 0.368. The van der Waals surface area contributed by atoms with Crippen LogP contribution in [0.4, 0.5) is 5.69 Å². The number of nitro groups is 1. The van der Waals surface area contributed by atoms with Gasteiger partial charge >= 0.3 is 5.97 Å². The van der Waals surface area contributed by atoms with Crippen LogP contribution in [0.1, 0.15) is 28.4 Å². The Morgan fingerprint density at radius 2 is 2.28 bits per heavy atom. The number of hydrogen-bond acceptors (Lipinski definition) is 5. The number of esters is 1. The summed E-state index contributed by atoms with van der Waals surface area (Å²) in [5, 5.41) is 19.9. The van der Waals surface area contributed by atoms with E-state index in [1.54, 1.807) is 13.0 Å². The van der Waals surface area contributed by atoms with Gasteiger partial charge in [-0.1, -0.05) is 15.9 Å². The first-order valence-electron chi connectivity index (χ1n) is 4.99. The van der Waals surface area contributed by atoms with Crippen molar-refractivity contribution in [3.8, 4) is 6.07 Å². The van der Waals surface area contributed by atoms with Crippen LogP contribution in [0.25, 0.3) is 0 Å². The molecule has 0 spiro atoms. The molecule has 0 aliphatic rings. The van der Waals surface area contributed by atoms with Gasteiger partial charge in [0.25, 0.3) is 5.69 Å². The van der Waals surface area contributed by atoms with E-state index < -0.39 is 10.9 Å². The molecule has 94 valence electrons. The van der Waals surface area contributed by atoms with Crippen LogP contribution in [-0.4, -0.2) is 17.5 Å². The van der Waals surface area contributed by atoms with Crippen LogP contribution in [0, 0.1) is 21.4 Å². The fraction of sp³-hybridized carbons (Fsp3) is 0.273. The zero-order valence-corrected chi connectivity index (χ0v) is 11.1. The molecule has 0 radical (unpaired) electrons.